The SMILES string of the molecule is Cc1c(-c2ccccc2)cccc1-c1cn2cc(C3OCCO3)cnc2n1. The highest BCUT2D eigenvalue weighted by molar-refractivity contribution is 5.77. The molecule has 0 unspecified atom stereocenters. The lowest BCUT2D eigenvalue weighted by Crippen LogP contribution is -2.01. The van der Waals surface area contributed by atoms with E-state index < -0.39 is 0 Å². The molecule has 1 saturated heterocycles. The van der Waals surface area contributed by atoms with Crippen LogP contribution in [-0.4, -0.2) is 27.6 Å². The van der Waals surface area contributed by atoms with E-state index in [0.717, 1.165) is 16.8 Å². The molecule has 4 aromatic rings. The molecule has 134 valence electrons. The summed E-state index contributed by atoms with van der Waals surface area (Å²) in [4.78, 5) is 9.19. The lowest BCUT2D eigenvalue weighted by molar-refractivity contribution is -0.0446. The number of rotatable bonds is 3. The molecule has 27 heavy (non-hydrogen) atoms. The first-order valence-corrected chi connectivity index (χ1v) is 9.03. The molecular weight excluding hydrogens is 338 g/mol. The van der Waals surface area contributed by atoms with Crippen LogP contribution in [0.2, 0.25) is 0 Å². The van der Waals surface area contributed by atoms with E-state index >= 15 is 0 Å². The zero-order chi connectivity index (χ0) is 18.2. The molecule has 0 N–H and O–H groups in total. The Labute approximate surface area is 157 Å². The van der Waals surface area contributed by atoms with E-state index in [-0.39, 0.29) is 6.29 Å². The minimum absolute atomic E-state index is 0.337. The molecule has 3 heterocycles. The number of nitrogens with zero attached hydrogens (tertiary/aromatic N) is 3. The summed E-state index contributed by atoms with van der Waals surface area (Å²) in [5, 5.41) is 0. The molecular formula is C22H19N3O2. The summed E-state index contributed by atoms with van der Waals surface area (Å²) < 4.78 is 13.1. The average Bonchev–Trinajstić information content (AvgIpc) is 3.38. The van der Waals surface area contributed by atoms with Crippen LogP contribution in [0.1, 0.15) is 17.4 Å². The van der Waals surface area contributed by atoms with Gasteiger partial charge in [0.05, 0.1) is 18.9 Å². The van der Waals surface area contributed by atoms with Crippen molar-refractivity contribution in [1.29, 1.82) is 0 Å². The van der Waals surface area contributed by atoms with Gasteiger partial charge in [-0.15, -0.1) is 0 Å². The number of imidazole rings is 1. The van der Waals surface area contributed by atoms with Crippen LogP contribution in [0.4, 0.5) is 0 Å². The molecule has 1 aliphatic rings. The van der Waals surface area contributed by atoms with Crippen molar-refractivity contribution in [3.05, 3.63) is 78.2 Å². The fourth-order valence-electron chi connectivity index (χ4n) is 3.55. The maximum atomic E-state index is 5.57. The molecule has 2 aromatic heterocycles. The minimum Gasteiger partial charge on any atom is -0.346 e. The summed E-state index contributed by atoms with van der Waals surface area (Å²) in [7, 11) is 0. The second kappa shape index (κ2) is 6.61. The van der Waals surface area contributed by atoms with Crippen LogP contribution < -0.4 is 0 Å². The van der Waals surface area contributed by atoms with E-state index in [1.807, 2.05) is 22.9 Å². The first kappa shape index (κ1) is 16.2. The third-order valence-electron chi connectivity index (χ3n) is 4.92. The molecule has 1 fully saturated rings. The van der Waals surface area contributed by atoms with Gasteiger partial charge in [0.25, 0.3) is 0 Å². The topological polar surface area (TPSA) is 48.7 Å². The van der Waals surface area contributed by atoms with E-state index in [1.165, 1.54) is 16.7 Å². The van der Waals surface area contributed by atoms with Gasteiger partial charge in [0.1, 0.15) is 0 Å². The van der Waals surface area contributed by atoms with E-state index in [9.17, 15) is 0 Å². The number of fused-ring (bicyclic) bond motifs is 1. The van der Waals surface area contributed by atoms with Gasteiger partial charge in [-0.05, 0) is 23.6 Å². The maximum absolute atomic E-state index is 5.57. The largest absolute Gasteiger partial charge is 0.346 e. The van der Waals surface area contributed by atoms with E-state index in [0.29, 0.717) is 19.0 Å². The predicted molar refractivity (Wildman–Crippen MR) is 103 cm³/mol. The van der Waals surface area contributed by atoms with Crippen LogP contribution >= 0.6 is 0 Å². The highest BCUT2D eigenvalue weighted by Gasteiger charge is 2.20. The molecule has 0 spiro atoms. The Balaban J connectivity index is 1.57. The number of hydrogen-bond acceptors (Lipinski definition) is 4. The quantitative estimate of drug-likeness (QED) is 0.545. The molecule has 0 saturated carbocycles. The third kappa shape index (κ3) is 2.91. The zero-order valence-electron chi connectivity index (χ0n) is 15.0. The van der Waals surface area contributed by atoms with Crippen molar-refractivity contribution < 1.29 is 9.47 Å². The van der Waals surface area contributed by atoms with Gasteiger partial charge in [-0.25, -0.2) is 9.97 Å². The summed E-state index contributed by atoms with van der Waals surface area (Å²) in [5.41, 5.74) is 6.54. The Morgan fingerprint density at radius 2 is 1.70 bits per heavy atom. The predicted octanol–water partition coefficient (Wildman–Crippen LogP) is 4.42. The summed E-state index contributed by atoms with van der Waals surface area (Å²) >= 11 is 0. The van der Waals surface area contributed by atoms with Gasteiger partial charge in [0.15, 0.2) is 6.29 Å². The van der Waals surface area contributed by atoms with Crippen molar-refractivity contribution in [3.8, 4) is 22.4 Å². The number of ether oxygens (including phenoxy) is 2. The lowest BCUT2D eigenvalue weighted by atomic mass is 9.95. The highest BCUT2D eigenvalue weighted by atomic mass is 16.7. The van der Waals surface area contributed by atoms with Crippen molar-refractivity contribution in [3.63, 3.8) is 0 Å². The number of hydrogen-bond donors (Lipinski definition) is 0. The van der Waals surface area contributed by atoms with Gasteiger partial charge in [0, 0.05) is 29.7 Å². The smallest absolute Gasteiger partial charge is 0.234 e. The van der Waals surface area contributed by atoms with Gasteiger partial charge in [-0.3, -0.25) is 4.40 Å². The molecule has 5 heteroatoms. The molecule has 1 aliphatic heterocycles. The van der Waals surface area contributed by atoms with Crippen LogP contribution in [0.15, 0.2) is 67.1 Å². The molecule has 0 atom stereocenters. The maximum Gasteiger partial charge on any atom is 0.234 e. The Kier molecular flexibility index (Phi) is 3.96. The van der Waals surface area contributed by atoms with Crippen molar-refractivity contribution in [2.45, 2.75) is 13.2 Å². The van der Waals surface area contributed by atoms with Gasteiger partial charge < -0.3 is 9.47 Å². The first-order valence-electron chi connectivity index (χ1n) is 9.03. The summed E-state index contributed by atoms with van der Waals surface area (Å²) in [5.74, 6) is 0.663. The summed E-state index contributed by atoms with van der Waals surface area (Å²) in [6.45, 7) is 3.37. The van der Waals surface area contributed by atoms with E-state index in [1.54, 1.807) is 6.20 Å². The van der Waals surface area contributed by atoms with Crippen molar-refractivity contribution in [2.75, 3.05) is 13.2 Å². The van der Waals surface area contributed by atoms with Gasteiger partial charge in [-0.2, -0.15) is 0 Å². The van der Waals surface area contributed by atoms with Crippen molar-refractivity contribution in [1.82, 2.24) is 14.4 Å². The Bertz CT molecular complexity index is 1100. The molecule has 0 bridgehead atoms. The lowest BCUT2D eigenvalue weighted by Gasteiger charge is -2.10. The van der Waals surface area contributed by atoms with Crippen LogP contribution in [0.3, 0.4) is 0 Å². The van der Waals surface area contributed by atoms with Crippen LogP contribution in [0, 0.1) is 6.92 Å². The van der Waals surface area contributed by atoms with Crippen LogP contribution in [-0.2, 0) is 9.47 Å². The number of benzene rings is 2. The van der Waals surface area contributed by atoms with Crippen LogP contribution in [0.5, 0.6) is 0 Å². The Morgan fingerprint density at radius 1 is 0.926 bits per heavy atom. The molecule has 0 radical (unpaired) electrons. The standard InChI is InChI=1S/C22H19N3O2/c1-15-18(16-6-3-2-4-7-16)8-5-9-19(15)20-14-25-13-17(12-23-22(25)24-20)21-26-10-11-27-21/h2-9,12-14,21H,10-11H2,1H3. The minimum atomic E-state index is -0.337. The monoisotopic (exact) mass is 357 g/mol. The third-order valence-corrected chi connectivity index (χ3v) is 4.92. The molecule has 5 nitrogen and oxygen atoms in total. The van der Waals surface area contributed by atoms with Gasteiger partial charge in [-0.1, -0.05) is 48.5 Å². The molecule has 5 rings (SSSR count). The Hall–Kier alpha value is -3.02. The summed E-state index contributed by atoms with van der Waals surface area (Å²) in [6.07, 6.45) is 5.43. The normalized spacial score (nSPS) is 14.9. The van der Waals surface area contributed by atoms with E-state index in [4.69, 9.17) is 14.5 Å². The Morgan fingerprint density at radius 3 is 2.52 bits per heavy atom. The van der Waals surface area contributed by atoms with Crippen molar-refractivity contribution in [2.24, 2.45) is 0 Å². The highest BCUT2D eigenvalue weighted by Crippen LogP contribution is 2.31. The molecule has 0 aliphatic carbocycles. The number of aromatic nitrogens is 3. The second-order valence-electron chi connectivity index (χ2n) is 6.64. The molecule has 0 amide bonds. The van der Waals surface area contributed by atoms with Crippen molar-refractivity contribution >= 4 is 5.78 Å². The first-order chi connectivity index (χ1) is 13.3. The second-order valence-corrected chi connectivity index (χ2v) is 6.64. The fraction of sp³-hybridized carbons (Fsp3) is 0.182. The fourth-order valence-corrected chi connectivity index (χ4v) is 3.55. The van der Waals surface area contributed by atoms with Gasteiger partial charge in [0.2, 0.25) is 5.78 Å². The van der Waals surface area contributed by atoms with Crippen LogP contribution in [0.25, 0.3) is 28.2 Å². The molecule has 2 aromatic carbocycles. The average molecular weight is 357 g/mol. The van der Waals surface area contributed by atoms with E-state index in [2.05, 4.69) is 54.4 Å². The van der Waals surface area contributed by atoms with Gasteiger partial charge >= 0.3 is 0 Å². The zero-order valence-corrected chi connectivity index (χ0v) is 15.0. The summed E-state index contributed by atoms with van der Waals surface area (Å²) in [6, 6.07) is 16.7.